The van der Waals surface area contributed by atoms with Crippen LogP contribution >= 0.6 is 0 Å². The second-order valence-corrected chi connectivity index (χ2v) is 10.5. The molecule has 4 rings (SSSR count). The number of hydrogen-bond acceptors (Lipinski definition) is 7. The molecule has 1 aromatic carbocycles. The summed E-state index contributed by atoms with van der Waals surface area (Å²) in [6.07, 6.45) is 2.25. The Morgan fingerprint density at radius 1 is 1.06 bits per heavy atom. The molecule has 9 nitrogen and oxygen atoms in total. The van der Waals surface area contributed by atoms with Crippen LogP contribution in [0.2, 0.25) is 0 Å². The van der Waals surface area contributed by atoms with Crippen molar-refractivity contribution in [3.63, 3.8) is 0 Å². The summed E-state index contributed by atoms with van der Waals surface area (Å²) in [6.45, 7) is 10.1. The van der Waals surface area contributed by atoms with Crippen molar-refractivity contribution in [3.8, 4) is 0 Å². The molecule has 0 saturated carbocycles. The van der Waals surface area contributed by atoms with Crippen LogP contribution < -0.4 is 15.5 Å². The van der Waals surface area contributed by atoms with Gasteiger partial charge in [-0.05, 0) is 58.2 Å². The summed E-state index contributed by atoms with van der Waals surface area (Å²) < 4.78 is 20.4. The summed E-state index contributed by atoms with van der Waals surface area (Å²) in [7, 11) is 0. The molecule has 3 aliphatic rings. The Morgan fingerprint density at radius 3 is 2.34 bits per heavy atom. The maximum Gasteiger partial charge on any atom is 0.410 e. The minimum atomic E-state index is -0.539. The molecule has 0 spiro atoms. The number of imide groups is 1. The molecule has 35 heavy (non-hydrogen) atoms. The van der Waals surface area contributed by atoms with Gasteiger partial charge in [-0.3, -0.25) is 19.8 Å². The fourth-order valence-electron chi connectivity index (χ4n) is 4.95. The van der Waals surface area contributed by atoms with E-state index in [1.807, 2.05) is 20.8 Å². The van der Waals surface area contributed by atoms with Crippen LogP contribution in [0.1, 0.15) is 46.5 Å². The number of likely N-dealkylation sites (tertiary alicyclic amines) is 1. The first-order chi connectivity index (χ1) is 16.6. The van der Waals surface area contributed by atoms with Gasteiger partial charge in [0.2, 0.25) is 11.8 Å². The topological polar surface area (TPSA) is 94.2 Å². The summed E-state index contributed by atoms with van der Waals surface area (Å²) >= 11 is 0. The first-order valence-electron chi connectivity index (χ1n) is 12.5. The van der Waals surface area contributed by atoms with Crippen LogP contribution in [0.4, 0.5) is 20.6 Å². The zero-order valence-electron chi connectivity index (χ0n) is 20.8. The number of amides is 3. The van der Waals surface area contributed by atoms with Crippen LogP contribution in [0.25, 0.3) is 0 Å². The Balaban J connectivity index is 1.25. The molecule has 0 bridgehead atoms. The summed E-state index contributed by atoms with van der Waals surface area (Å²) in [6, 6.07) is 4.82. The Hall–Kier alpha value is -2.88. The molecule has 1 atom stereocenters. The molecule has 10 heteroatoms. The second-order valence-electron chi connectivity index (χ2n) is 10.5. The number of rotatable bonds is 4. The van der Waals surface area contributed by atoms with Crippen molar-refractivity contribution in [2.24, 2.45) is 0 Å². The Bertz CT molecular complexity index is 950. The standard InChI is InChI=1S/C25H36FN5O4/c1-25(2,3)35-24(34)31-10-8-18(9-11-31)29-12-14-30(15-13-29)21-6-4-17(16-19(21)26)27-20-5-7-22(32)28-23(20)33/h4,6,16,18,20,27H,5,7-15H2,1-3H3,(H,28,32,33). The van der Waals surface area contributed by atoms with E-state index in [-0.39, 0.29) is 30.1 Å². The zero-order chi connectivity index (χ0) is 25.2. The quantitative estimate of drug-likeness (QED) is 0.628. The average molecular weight is 490 g/mol. The van der Waals surface area contributed by atoms with E-state index in [1.165, 1.54) is 6.07 Å². The fourth-order valence-corrected chi connectivity index (χ4v) is 4.95. The number of piperazine rings is 1. The van der Waals surface area contributed by atoms with Crippen LogP contribution in [0.5, 0.6) is 0 Å². The predicted octanol–water partition coefficient (Wildman–Crippen LogP) is 2.56. The molecular formula is C25H36FN5O4. The third-order valence-corrected chi connectivity index (χ3v) is 6.82. The van der Waals surface area contributed by atoms with E-state index in [2.05, 4.69) is 20.4 Å². The molecule has 3 aliphatic heterocycles. The van der Waals surface area contributed by atoms with Gasteiger partial charge in [-0.15, -0.1) is 0 Å². The van der Waals surface area contributed by atoms with Gasteiger partial charge in [0.05, 0.1) is 5.69 Å². The Labute approximate surface area is 205 Å². The van der Waals surface area contributed by atoms with Crippen LogP contribution in [0, 0.1) is 5.82 Å². The van der Waals surface area contributed by atoms with Crippen molar-refractivity contribution < 1.29 is 23.5 Å². The van der Waals surface area contributed by atoms with Gasteiger partial charge in [0.25, 0.3) is 0 Å². The van der Waals surface area contributed by atoms with E-state index in [0.717, 1.165) is 39.0 Å². The number of halogens is 1. The van der Waals surface area contributed by atoms with Gasteiger partial charge in [-0.2, -0.15) is 0 Å². The summed E-state index contributed by atoms with van der Waals surface area (Å²) in [5, 5.41) is 5.33. The van der Waals surface area contributed by atoms with Crippen LogP contribution in [0.15, 0.2) is 18.2 Å². The number of ether oxygens (including phenoxy) is 1. The third-order valence-electron chi connectivity index (χ3n) is 6.82. The molecule has 1 aromatic rings. The van der Waals surface area contributed by atoms with Crippen LogP contribution in [0.3, 0.4) is 0 Å². The van der Waals surface area contributed by atoms with E-state index >= 15 is 0 Å². The first-order valence-corrected chi connectivity index (χ1v) is 12.5. The monoisotopic (exact) mass is 489 g/mol. The normalized spacial score (nSPS) is 22.7. The molecule has 0 radical (unpaired) electrons. The van der Waals surface area contributed by atoms with E-state index in [1.54, 1.807) is 17.0 Å². The van der Waals surface area contributed by atoms with Crippen molar-refractivity contribution in [1.82, 2.24) is 15.1 Å². The number of anilines is 2. The van der Waals surface area contributed by atoms with Crippen LogP contribution in [-0.2, 0) is 14.3 Å². The largest absolute Gasteiger partial charge is 0.444 e. The van der Waals surface area contributed by atoms with Gasteiger partial charge in [-0.25, -0.2) is 9.18 Å². The first kappa shape index (κ1) is 25.2. The molecule has 3 saturated heterocycles. The van der Waals surface area contributed by atoms with Gasteiger partial charge in [0, 0.05) is 57.4 Å². The molecule has 3 heterocycles. The van der Waals surface area contributed by atoms with Crippen molar-refractivity contribution in [2.75, 3.05) is 49.5 Å². The highest BCUT2D eigenvalue weighted by Crippen LogP contribution is 2.27. The maximum atomic E-state index is 14.9. The number of carbonyl (C=O) groups excluding carboxylic acids is 3. The summed E-state index contributed by atoms with van der Waals surface area (Å²) in [5.41, 5.74) is 0.591. The minimum Gasteiger partial charge on any atom is -0.444 e. The molecule has 2 N–H and O–H groups in total. The highest BCUT2D eigenvalue weighted by atomic mass is 19.1. The summed E-state index contributed by atoms with van der Waals surface area (Å²) in [5.74, 6) is -0.984. The van der Waals surface area contributed by atoms with E-state index in [0.29, 0.717) is 36.9 Å². The van der Waals surface area contributed by atoms with Gasteiger partial charge < -0.3 is 19.9 Å². The molecule has 0 aliphatic carbocycles. The number of hydrogen-bond donors (Lipinski definition) is 2. The molecule has 3 amide bonds. The van der Waals surface area contributed by atoms with Crippen molar-refractivity contribution in [2.45, 2.75) is 64.1 Å². The molecule has 0 aromatic heterocycles. The summed E-state index contributed by atoms with van der Waals surface area (Å²) in [4.78, 5) is 41.8. The number of piperidine rings is 2. The van der Waals surface area contributed by atoms with Crippen molar-refractivity contribution in [3.05, 3.63) is 24.0 Å². The highest BCUT2D eigenvalue weighted by Gasteiger charge is 2.32. The Morgan fingerprint density at radius 2 is 1.74 bits per heavy atom. The SMILES string of the molecule is CC(C)(C)OC(=O)N1CCC(N2CCN(c3ccc(NC4CCC(=O)NC4=O)cc3F)CC2)CC1. The van der Waals surface area contributed by atoms with Gasteiger partial charge in [0.1, 0.15) is 17.5 Å². The van der Waals surface area contributed by atoms with Gasteiger partial charge >= 0.3 is 6.09 Å². The molecule has 1 unspecified atom stereocenters. The Kier molecular flexibility index (Phi) is 7.49. The number of benzene rings is 1. The third kappa shape index (κ3) is 6.42. The van der Waals surface area contributed by atoms with Crippen molar-refractivity contribution in [1.29, 1.82) is 0 Å². The molecule has 3 fully saturated rings. The number of nitrogens with zero attached hydrogens (tertiary/aromatic N) is 3. The second kappa shape index (κ2) is 10.4. The van der Waals surface area contributed by atoms with Crippen LogP contribution in [-0.4, -0.2) is 84.7 Å². The number of nitrogens with one attached hydrogen (secondary N) is 2. The lowest BCUT2D eigenvalue weighted by Gasteiger charge is -2.43. The average Bonchev–Trinajstić information content (AvgIpc) is 2.80. The minimum absolute atomic E-state index is 0.244. The lowest BCUT2D eigenvalue weighted by molar-refractivity contribution is -0.133. The van der Waals surface area contributed by atoms with Gasteiger partial charge in [0.15, 0.2) is 0 Å². The predicted molar refractivity (Wildman–Crippen MR) is 131 cm³/mol. The number of carbonyl (C=O) groups is 3. The van der Waals surface area contributed by atoms with Crippen molar-refractivity contribution >= 4 is 29.3 Å². The molecule has 192 valence electrons. The lowest BCUT2D eigenvalue weighted by atomic mass is 10.0. The molecular weight excluding hydrogens is 453 g/mol. The van der Waals surface area contributed by atoms with Gasteiger partial charge in [-0.1, -0.05) is 0 Å². The zero-order valence-corrected chi connectivity index (χ0v) is 20.8. The van der Waals surface area contributed by atoms with E-state index in [4.69, 9.17) is 4.74 Å². The smallest absolute Gasteiger partial charge is 0.410 e. The highest BCUT2D eigenvalue weighted by molar-refractivity contribution is 6.01. The fraction of sp³-hybridized carbons (Fsp3) is 0.640. The lowest BCUT2D eigenvalue weighted by Crippen LogP contribution is -2.54. The maximum absolute atomic E-state index is 14.9. The van der Waals surface area contributed by atoms with E-state index in [9.17, 15) is 18.8 Å². The van der Waals surface area contributed by atoms with E-state index < -0.39 is 11.6 Å².